The number of nitrogens with one attached hydrogen (secondary N) is 2. The lowest BCUT2D eigenvalue weighted by atomic mass is 10.1. The molecule has 1 aliphatic heterocycles. The van der Waals surface area contributed by atoms with Crippen LogP contribution in [0.5, 0.6) is 0 Å². The second-order valence-corrected chi connectivity index (χ2v) is 9.78. The van der Waals surface area contributed by atoms with Crippen LogP contribution in [-0.4, -0.2) is 57.1 Å². The Hall–Kier alpha value is -3.07. The zero-order valence-electron chi connectivity index (χ0n) is 19.2. The summed E-state index contributed by atoms with van der Waals surface area (Å²) in [7, 11) is -3.89. The molecule has 8 nitrogen and oxygen atoms in total. The smallest absolute Gasteiger partial charge is 0.253 e. The number of carbonyl (C=O) groups excluding carboxylic acids is 2. The summed E-state index contributed by atoms with van der Waals surface area (Å²) in [5, 5.41) is 2.57. The molecule has 1 saturated heterocycles. The number of carbonyl (C=O) groups is 2. The number of anilines is 3. The fraction of sp³-hybridized carbons (Fsp3) is 0.417. The maximum atomic E-state index is 12.5. The first-order chi connectivity index (χ1) is 15.8. The molecule has 0 aromatic heterocycles. The van der Waals surface area contributed by atoms with Crippen molar-refractivity contribution in [2.24, 2.45) is 0 Å². The molecule has 0 spiro atoms. The fourth-order valence-electron chi connectivity index (χ4n) is 3.90. The average molecular weight is 473 g/mol. The van der Waals surface area contributed by atoms with Crippen molar-refractivity contribution in [3.63, 3.8) is 0 Å². The molecule has 0 aliphatic carbocycles. The van der Waals surface area contributed by atoms with E-state index in [1.54, 1.807) is 41.3 Å². The standard InChI is InChI=1S/C24H32N4O4S/c1-3-27(4-2)24(30)19-9-8-10-21(17-19)25-23(29)18-33(31,32)26-20-11-13-22(14-12-20)28-15-6-5-7-16-28/h8-14,17,26H,3-7,15-16,18H2,1-2H3,(H,25,29). The molecule has 0 saturated carbocycles. The quantitative estimate of drug-likeness (QED) is 0.582. The molecular weight excluding hydrogens is 440 g/mol. The SMILES string of the molecule is CCN(CC)C(=O)c1cccc(NC(=O)CS(=O)(=O)Nc2ccc(N3CCCCC3)cc2)c1. The van der Waals surface area contributed by atoms with Crippen LogP contribution in [0.25, 0.3) is 0 Å². The minimum atomic E-state index is -3.89. The maximum Gasteiger partial charge on any atom is 0.253 e. The van der Waals surface area contributed by atoms with Crippen molar-refractivity contribution in [1.82, 2.24) is 4.90 Å². The predicted octanol–water partition coefficient (Wildman–Crippen LogP) is 3.54. The Bertz CT molecular complexity index is 1060. The van der Waals surface area contributed by atoms with Gasteiger partial charge in [0.2, 0.25) is 15.9 Å². The molecule has 0 bridgehead atoms. The van der Waals surface area contributed by atoms with Gasteiger partial charge in [-0.25, -0.2) is 8.42 Å². The van der Waals surface area contributed by atoms with Gasteiger partial charge in [-0.3, -0.25) is 14.3 Å². The molecule has 2 amide bonds. The van der Waals surface area contributed by atoms with Crippen LogP contribution in [0.3, 0.4) is 0 Å². The number of benzene rings is 2. The number of sulfonamides is 1. The molecule has 0 radical (unpaired) electrons. The van der Waals surface area contributed by atoms with Gasteiger partial charge in [0.15, 0.2) is 0 Å². The zero-order chi connectivity index (χ0) is 23.8. The molecule has 3 rings (SSSR count). The number of hydrogen-bond donors (Lipinski definition) is 2. The maximum absolute atomic E-state index is 12.5. The van der Waals surface area contributed by atoms with E-state index in [2.05, 4.69) is 14.9 Å². The number of amides is 2. The van der Waals surface area contributed by atoms with Crippen molar-refractivity contribution in [3.05, 3.63) is 54.1 Å². The Kier molecular flexibility index (Phi) is 8.32. The van der Waals surface area contributed by atoms with Crippen molar-refractivity contribution in [2.75, 3.05) is 46.9 Å². The van der Waals surface area contributed by atoms with Gasteiger partial charge < -0.3 is 15.1 Å². The van der Waals surface area contributed by atoms with Gasteiger partial charge in [-0.15, -0.1) is 0 Å². The summed E-state index contributed by atoms with van der Waals surface area (Å²) >= 11 is 0. The second kappa shape index (κ2) is 11.2. The van der Waals surface area contributed by atoms with Crippen LogP contribution in [0.4, 0.5) is 17.1 Å². The van der Waals surface area contributed by atoms with Crippen LogP contribution in [0.15, 0.2) is 48.5 Å². The minimum Gasteiger partial charge on any atom is -0.372 e. The van der Waals surface area contributed by atoms with Gasteiger partial charge in [-0.2, -0.15) is 0 Å². The largest absolute Gasteiger partial charge is 0.372 e. The van der Waals surface area contributed by atoms with Crippen molar-refractivity contribution in [3.8, 4) is 0 Å². The fourth-order valence-corrected chi connectivity index (χ4v) is 4.89. The first-order valence-electron chi connectivity index (χ1n) is 11.4. The van der Waals surface area contributed by atoms with Gasteiger partial charge in [0.05, 0.1) is 0 Å². The summed E-state index contributed by atoms with van der Waals surface area (Å²) in [6.45, 7) is 6.96. The van der Waals surface area contributed by atoms with E-state index in [-0.39, 0.29) is 5.91 Å². The average Bonchev–Trinajstić information content (AvgIpc) is 2.80. The highest BCUT2D eigenvalue weighted by Crippen LogP contribution is 2.22. The number of nitrogens with zero attached hydrogens (tertiary/aromatic N) is 2. The van der Waals surface area contributed by atoms with Crippen LogP contribution in [-0.2, 0) is 14.8 Å². The number of rotatable bonds is 9. The third-order valence-corrected chi connectivity index (χ3v) is 6.82. The molecule has 0 atom stereocenters. The highest BCUT2D eigenvalue weighted by Gasteiger charge is 2.18. The van der Waals surface area contributed by atoms with Crippen molar-refractivity contribution < 1.29 is 18.0 Å². The Morgan fingerprint density at radius 1 is 0.939 bits per heavy atom. The molecule has 1 fully saturated rings. The van der Waals surface area contributed by atoms with Gasteiger partial charge in [0, 0.05) is 48.8 Å². The minimum absolute atomic E-state index is 0.140. The van der Waals surface area contributed by atoms with Crippen molar-refractivity contribution >= 4 is 38.9 Å². The van der Waals surface area contributed by atoms with E-state index in [0.29, 0.717) is 30.0 Å². The van der Waals surface area contributed by atoms with E-state index < -0.39 is 21.7 Å². The number of hydrogen-bond acceptors (Lipinski definition) is 5. The van der Waals surface area contributed by atoms with E-state index in [4.69, 9.17) is 0 Å². The molecule has 1 aliphatic rings. The molecule has 0 unspecified atom stereocenters. The van der Waals surface area contributed by atoms with Crippen LogP contribution in [0.1, 0.15) is 43.5 Å². The Balaban J connectivity index is 1.58. The third-order valence-electron chi connectivity index (χ3n) is 5.63. The van der Waals surface area contributed by atoms with Crippen LogP contribution in [0, 0.1) is 0 Å². The topological polar surface area (TPSA) is 98.8 Å². The molecule has 2 aromatic carbocycles. The van der Waals surface area contributed by atoms with Crippen LogP contribution in [0.2, 0.25) is 0 Å². The van der Waals surface area contributed by atoms with E-state index >= 15 is 0 Å². The van der Waals surface area contributed by atoms with Gasteiger partial charge >= 0.3 is 0 Å². The van der Waals surface area contributed by atoms with Gasteiger partial charge in [-0.05, 0) is 75.6 Å². The first-order valence-corrected chi connectivity index (χ1v) is 13.0. The lowest BCUT2D eigenvalue weighted by Gasteiger charge is -2.28. The Morgan fingerprint density at radius 3 is 2.24 bits per heavy atom. The molecular formula is C24H32N4O4S. The lowest BCUT2D eigenvalue weighted by molar-refractivity contribution is -0.113. The Morgan fingerprint density at radius 2 is 1.61 bits per heavy atom. The highest BCUT2D eigenvalue weighted by atomic mass is 32.2. The van der Waals surface area contributed by atoms with Crippen molar-refractivity contribution in [1.29, 1.82) is 0 Å². The number of piperidine rings is 1. The molecule has 2 N–H and O–H groups in total. The lowest BCUT2D eigenvalue weighted by Crippen LogP contribution is -2.30. The highest BCUT2D eigenvalue weighted by molar-refractivity contribution is 7.93. The van der Waals surface area contributed by atoms with Gasteiger partial charge in [0.1, 0.15) is 5.75 Å². The first kappa shape index (κ1) is 24.6. The monoisotopic (exact) mass is 472 g/mol. The molecule has 178 valence electrons. The van der Waals surface area contributed by atoms with Crippen molar-refractivity contribution in [2.45, 2.75) is 33.1 Å². The van der Waals surface area contributed by atoms with Crippen LogP contribution < -0.4 is 14.9 Å². The van der Waals surface area contributed by atoms with E-state index in [1.165, 1.54) is 6.42 Å². The summed E-state index contributed by atoms with van der Waals surface area (Å²) in [4.78, 5) is 28.8. The third kappa shape index (κ3) is 6.95. The summed E-state index contributed by atoms with van der Waals surface area (Å²) in [6.07, 6.45) is 3.57. The summed E-state index contributed by atoms with van der Waals surface area (Å²) < 4.78 is 27.4. The molecule has 9 heteroatoms. The molecule has 1 heterocycles. The molecule has 2 aromatic rings. The van der Waals surface area contributed by atoms with Crippen LogP contribution >= 0.6 is 0 Å². The second-order valence-electron chi connectivity index (χ2n) is 8.06. The van der Waals surface area contributed by atoms with Gasteiger partial charge in [0.25, 0.3) is 5.91 Å². The summed E-state index contributed by atoms with van der Waals surface area (Å²) in [5.74, 6) is -1.55. The predicted molar refractivity (Wildman–Crippen MR) is 132 cm³/mol. The summed E-state index contributed by atoms with van der Waals surface area (Å²) in [5.41, 5.74) is 2.29. The van der Waals surface area contributed by atoms with E-state index in [1.807, 2.05) is 26.0 Å². The van der Waals surface area contributed by atoms with Gasteiger partial charge in [-0.1, -0.05) is 6.07 Å². The zero-order valence-corrected chi connectivity index (χ0v) is 20.0. The molecule has 33 heavy (non-hydrogen) atoms. The normalized spacial score (nSPS) is 13.9. The van der Waals surface area contributed by atoms with E-state index in [0.717, 1.165) is 31.6 Å². The Labute approximate surface area is 196 Å². The van der Waals surface area contributed by atoms with E-state index in [9.17, 15) is 18.0 Å². The summed E-state index contributed by atoms with van der Waals surface area (Å²) in [6, 6.07) is 13.7.